The fourth-order valence-corrected chi connectivity index (χ4v) is 1.67. The second-order valence-corrected chi connectivity index (χ2v) is 4.89. The summed E-state index contributed by atoms with van der Waals surface area (Å²) in [6.07, 6.45) is 0. The van der Waals surface area contributed by atoms with Gasteiger partial charge >= 0.3 is 0 Å². The van der Waals surface area contributed by atoms with Crippen LogP contribution in [0.1, 0.15) is 31.9 Å². The van der Waals surface area contributed by atoms with E-state index < -0.39 is 0 Å². The second-order valence-electron chi connectivity index (χ2n) is 4.89. The van der Waals surface area contributed by atoms with E-state index in [0.29, 0.717) is 6.61 Å². The van der Waals surface area contributed by atoms with Crippen molar-refractivity contribution >= 4 is 5.90 Å². The fraction of sp³-hybridized carbons (Fsp3) is 0.462. The maximum absolute atomic E-state index is 6.02. The van der Waals surface area contributed by atoms with Crippen LogP contribution >= 0.6 is 0 Å². The third-order valence-electron chi connectivity index (χ3n) is 2.67. The summed E-state index contributed by atoms with van der Waals surface area (Å²) in [5.41, 5.74) is 7.86. The lowest BCUT2D eigenvalue weighted by Crippen LogP contribution is -2.28. The van der Waals surface area contributed by atoms with E-state index in [-0.39, 0.29) is 11.6 Å². The molecule has 2 rings (SSSR count). The molecule has 3 heteroatoms. The number of rotatable bonds is 2. The molecule has 0 aliphatic carbocycles. The lowest BCUT2D eigenvalue weighted by atomic mass is 9.95. The average Bonchev–Trinajstić information content (AvgIpc) is 2.64. The van der Waals surface area contributed by atoms with Crippen molar-refractivity contribution in [3.8, 4) is 0 Å². The van der Waals surface area contributed by atoms with E-state index in [0.717, 1.165) is 17.0 Å². The molecule has 0 amide bonds. The van der Waals surface area contributed by atoms with Crippen molar-refractivity contribution in [3.63, 3.8) is 0 Å². The van der Waals surface area contributed by atoms with Crippen molar-refractivity contribution in [2.45, 2.75) is 32.4 Å². The van der Waals surface area contributed by atoms with Gasteiger partial charge < -0.3 is 10.5 Å². The van der Waals surface area contributed by atoms with Gasteiger partial charge in [-0.1, -0.05) is 12.1 Å². The van der Waals surface area contributed by atoms with Gasteiger partial charge in [-0.25, -0.2) is 4.99 Å². The molecule has 86 valence electrons. The number of aliphatic imine (C=N–C) groups is 1. The molecule has 0 spiro atoms. The summed E-state index contributed by atoms with van der Waals surface area (Å²) < 4.78 is 5.50. The molecular formula is C13H18N2O. The standard InChI is InChI=1S/C13H18N2O/c1-9-8-16-12(15-9)10-4-6-11(7-5-10)13(2,3)14/h4-7,9H,8,14H2,1-3H3. The molecule has 16 heavy (non-hydrogen) atoms. The Morgan fingerprint density at radius 3 is 2.38 bits per heavy atom. The molecule has 0 fully saturated rings. The normalized spacial score (nSPS) is 20.5. The van der Waals surface area contributed by atoms with Crippen LogP contribution in [-0.4, -0.2) is 18.5 Å². The molecule has 0 radical (unpaired) electrons. The minimum atomic E-state index is -0.301. The van der Waals surface area contributed by atoms with Crippen LogP contribution in [-0.2, 0) is 10.3 Å². The van der Waals surface area contributed by atoms with Crippen LogP contribution in [0.2, 0.25) is 0 Å². The maximum Gasteiger partial charge on any atom is 0.216 e. The first-order chi connectivity index (χ1) is 7.47. The molecule has 1 unspecified atom stereocenters. The molecule has 1 aromatic carbocycles. The highest BCUT2D eigenvalue weighted by Gasteiger charge is 2.18. The van der Waals surface area contributed by atoms with E-state index in [1.54, 1.807) is 0 Å². The number of hydrogen-bond acceptors (Lipinski definition) is 3. The Morgan fingerprint density at radius 2 is 1.94 bits per heavy atom. The van der Waals surface area contributed by atoms with Crippen molar-refractivity contribution in [1.29, 1.82) is 0 Å². The van der Waals surface area contributed by atoms with Crippen molar-refractivity contribution in [2.24, 2.45) is 10.7 Å². The van der Waals surface area contributed by atoms with Gasteiger partial charge in [-0.2, -0.15) is 0 Å². The zero-order valence-electron chi connectivity index (χ0n) is 10.0. The first-order valence-electron chi connectivity index (χ1n) is 5.57. The Labute approximate surface area is 96.3 Å². The molecule has 0 saturated heterocycles. The van der Waals surface area contributed by atoms with Gasteiger partial charge in [0.25, 0.3) is 0 Å². The van der Waals surface area contributed by atoms with Crippen LogP contribution in [0.25, 0.3) is 0 Å². The van der Waals surface area contributed by atoms with Gasteiger partial charge in [-0.05, 0) is 38.5 Å². The number of hydrogen-bond donors (Lipinski definition) is 1. The summed E-state index contributed by atoms with van der Waals surface area (Å²) in [7, 11) is 0. The number of nitrogens with two attached hydrogens (primary N) is 1. The number of nitrogens with zero attached hydrogens (tertiary/aromatic N) is 1. The molecular weight excluding hydrogens is 200 g/mol. The zero-order chi connectivity index (χ0) is 11.8. The van der Waals surface area contributed by atoms with Crippen LogP contribution in [0, 0.1) is 0 Å². The Bertz CT molecular complexity index is 401. The van der Waals surface area contributed by atoms with Crippen LogP contribution in [0.15, 0.2) is 29.3 Å². The Balaban J connectivity index is 2.23. The second kappa shape index (κ2) is 3.91. The smallest absolute Gasteiger partial charge is 0.216 e. The summed E-state index contributed by atoms with van der Waals surface area (Å²) >= 11 is 0. The monoisotopic (exact) mass is 218 g/mol. The minimum absolute atomic E-state index is 0.264. The SMILES string of the molecule is CC1COC(c2ccc(C(C)(C)N)cc2)=N1. The predicted molar refractivity (Wildman–Crippen MR) is 65.6 cm³/mol. The largest absolute Gasteiger partial charge is 0.475 e. The van der Waals surface area contributed by atoms with Crippen LogP contribution < -0.4 is 5.73 Å². The zero-order valence-corrected chi connectivity index (χ0v) is 10.0. The quantitative estimate of drug-likeness (QED) is 0.825. The molecule has 0 saturated carbocycles. The van der Waals surface area contributed by atoms with Crippen LogP contribution in [0.4, 0.5) is 0 Å². The molecule has 2 N–H and O–H groups in total. The number of benzene rings is 1. The van der Waals surface area contributed by atoms with Gasteiger partial charge in [0.2, 0.25) is 5.90 Å². The predicted octanol–water partition coefficient (Wildman–Crippen LogP) is 2.05. The summed E-state index contributed by atoms with van der Waals surface area (Å²) in [5, 5.41) is 0. The molecule has 1 aliphatic heterocycles. The fourth-order valence-electron chi connectivity index (χ4n) is 1.67. The lowest BCUT2D eigenvalue weighted by molar-refractivity contribution is 0.324. The molecule has 1 heterocycles. The van der Waals surface area contributed by atoms with Gasteiger partial charge in [0.15, 0.2) is 0 Å². The first-order valence-corrected chi connectivity index (χ1v) is 5.57. The van der Waals surface area contributed by atoms with Crippen molar-refractivity contribution in [2.75, 3.05) is 6.61 Å². The lowest BCUT2D eigenvalue weighted by Gasteiger charge is -2.19. The van der Waals surface area contributed by atoms with E-state index in [4.69, 9.17) is 10.5 Å². The molecule has 1 aliphatic rings. The topological polar surface area (TPSA) is 47.6 Å². The van der Waals surface area contributed by atoms with Crippen molar-refractivity contribution < 1.29 is 4.74 Å². The highest BCUT2D eigenvalue weighted by molar-refractivity contribution is 5.95. The molecule has 1 aromatic rings. The molecule has 1 atom stereocenters. The minimum Gasteiger partial charge on any atom is -0.475 e. The Hall–Kier alpha value is -1.35. The molecule has 3 nitrogen and oxygen atoms in total. The third-order valence-corrected chi connectivity index (χ3v) is 2.67. The number of ether oxygens (including phenoxy) is 1. The van der Waals surface area contributed by atoms with Gasteiger partial charge in [-0.15, -0.1) is 0 Å². The summed E-state index contributed by atoms with van der Waals surface area (Å²) in [5.74, 6) is 0.744. The van der Waals surface area contributed by atoms with Crippen LogP contribution in [0.3, 0.4) is 0 Å². The van der Waals surface area contributed by atoms with E-state index >= 15 is 0 Å². The van der Waals surface area contributed by atoms with Crippen molar-refractivity contribution in [3.05, 3.63) is 35.4 Å². The Kier molecular flexibility index (Phi) is 2.72. The van der Waals surface area contributed by atoms with E-state index in [1.165, 1.54) is 0 Å². The van der Waals surface area contributed by atoms with Gasteiger partial charge in [0.05, 0.1) is 6.04 Å². The van der Waals surface area contributed by atoms with Gasteiger partial charge in [0.1, 0.15) is 6.61 Å². The average molecular weight is 218 g/mol. The highest BCUT2D eigenvalue weighted by Crippen LogP contribution is 2.19. The van der Waals surface area contributed by atoms with Crippen LogP contribution in [0.5, 0.6) is 0 Å². The Morgan fingerprint density at radius 1 is 1.31 bits per heavy atom. The summed E-state index contributed by atoms with van der Waals surface area (Å²) in [6.45, 7) is 6.71. The van der Waals surface area contributed by atoms with E-state index in [1.807, 2.05) is 45.0 Å². The highest BCUT2D eigenvalue weighted by atomic mass is 16.5. The van der Waals surface area contributed by atoms with Gasteiger partial charge in [0, 0.05) is 11.1 Å². The third kappa shape index (κ3) is 2.25. The van der Waals surface area contributed by atoms with E-state index in [9.17, 15) is 0 Å². The van der Waals surface area contributed by atoms with E-state index in [2.05, 4.69) is 4.99 Å². The molecule has 0 aromatic heterocycles. The molecule has 0 bridgehead atoms. The first kappa shape index (κ1) is 11.1. The maximum atomic E-state index is 6.02. The van der Waals surface area contributed by atoms with Gasteiger partial charge in [-0.3, -0.25) is 0 Å². The van der Waals surface area contributed by atoms with Crippen molar-refractivity contribution in [1.82, 2.24) is 0 Å². The summed E-state index contributed by atoms with van der Waals surface area (Å²) in [4.78, 5) is 4.41. The summed E-state index contributed by atoms with van der Waals surface area (Å²) in [6, 6.07) is 8.36.